The number of aromatic nitrogens is 2. The molecule has 19 heavy (non-hydrogen) atoms. The van der Waals surface area contributed by atoms with Gasteiger partial charge < -0.3 is 10.2 Å². The predicted molar refractivity (Wildman–Crippen MR) is 72.5 cm³/mol. The predicted octanol–water partition coefficient (Wildman–Crippen LogP) is 1.63. The number of nitriles is 1. The van der Waals surface area contributed by atoms with Crippen LogP contribution in [-0.4, -0.2) is 40.5 Å². The third-order valence-electron chi connectivity index (χ3n) is 4.56. The summed E-state index contributed by atoms with van der Waals surface area (Å²) in [6.07, 6.45) is 8.36. The summed E-state index contributed by atoms with van der Waals surface area (Å²) in [6.45, 7) is 0.897. The van der Waals surface area contributed by atoms with Gasteiger partial charge in [0.1, 0.15) is 6.07 Å². The molecule has 2 bridgehead atoms. The van der Waals surface area contributed by atoms with Crippen LogP contribution in [0.2, 0.25) is 0 Å². The maximum Gasteiger partial charge on any atom is 0.182 e. The molecule has 100 valence electrons. The smallest absolute Gasteiger partial charge is 0.182 e. The van der Waals surface area contributed by atoms with Crippen molar-refractivity contribution >= 4 is 5.82 Å². The first-order chi connectivity index (χ1) is 9.28. The van der Waals surface area contributed by atoms with Crippen molar-refractivity contribution in [2.75, 3.05) is 18.9 Å². The molecule has 2 aliphatic rings. The summed E-state index contributed by atoms with van der Waals surface area (Å²) in [4.78, 5) is 10.8. The van der Waals surface area contributed by atoms with Gasteiger partial charge in [-0.2, -0.15) is 5.26 Å². The summed E-state index contributed by atoms with van der Waals surface area (Å²) in [6, 6.07) is 3.58. The van der Waals surface area contributed by atoms with Crippen LogP contribution in [0.1, 0.15) is 31.4 Å². The Morgan fingerprint density at radius 2 is 2.00 bits per heavy atom. The molecule has 2 fully saturated rings. The van der Waals surface area contributed by atoms with E-state index in [1.165, 1.54) is 25.7 Å². The molecule has 2 aliphatic heterocycles. The number of piperidine rings is 1. The Bertz CT molecular complexity index is 481. The van der Waals surface area contributed by atoms with Gasteiger partial charge in [0.2, 0.25) is 0 Å². The Balaban J connectivity index is 1.60. The van der Waals surface area contributed by atoms with E-state index in [1.54, 1.807) is 12.4 Å². The molecule has 3 rings (SSSR count). The normalized spacial score (nSPS) is 30.0. The number of anilines is 1. The van der Waals surface area contributed by atoms with Crippen molar-refractivity contribution in [2.45, 2.75) is 37.8 Å². The zero-order valence-corrected chi connectivity index (χ0v) is 11.2. The highest BCUT2D eigenvalue weighted by atomic mass is 15.2. The Kier molecular flexibility index (Phi) is 3.34. The molecule has 5 heteroatoms. The third-order valence-corrected chi connectivity index (χ3v) is 4.56. The van der Waals surface area contributed by atoms with Crippen molar-refractivity contribution in [1.29, 1.82) is 5.26 Å². The van der Waals surface area contributed by atoms with Crippen molar-refractivity contribution in [3.63, 3.8) is 0 Å². The summed E-state index contributed by atoms with van der Waals surface area (Å²) in [5, 5.41) is 12.3. The molecule has 2 unspecified atom stereocenters. The van der Waals surface area contributed by atoms with Crippen LogP contribution in [0.5, 0.6) is 0 Å². The highest BCUT2D eigenvalue weighted by Gasteiger charge is 2.38. The second kappa shape index (κ2) is 5.14. The summed E-state index contributed by atoms with van der Waals surface area (Å²) in [5.74, 6) is 1.30. The standard InChI is InChI=1S/C14H19N5/c1-19-11-2-3-12(19)7-10(6-11)9-18-14-13(8-15)16-4-5-17-14/h4-5,10-12H,2-3,6-7,9H2,1H3,(H,17,18). The van der Waals surface area contributed by atoms with E-state index in [0.29, 0.717) is 17.4 Å². The molecule has 0 radical (unpaired) electrons. The van der Waals surface area contributed by atoms with E-state index in [-0.39, 0.29) is 0 Å². The highest BCUT2D eigenvalue weighted by Crippen LogP contribution is 2.37. The van der Waals surface area contributed by atoms with Gasteiger partial charge in [0.25, 0.3) is 0 Å². The van der Waals surface area contributed by atoms with Crippen LogP contribution in [-0.2, 0) is 0 Å². The van der Waals surface area contributed by atoms with Gasteiger partial charge in [-0.25, -0.2) is 9.97 Å². The number of rotatable bonds is 3. The van der Waals surface area contributed by atoms with Gasteiger partial charge in [0.15, 0.2) is 11.5 Å². The van der Waals surface area contributed by atoms with Gasteiger partial charge in [-0.15, -0.1) is 0 Å². The first-order valence-electron chi connectivity index (χ1n) is 6.95. The van der Waals surface area contributed by atoms with Crippen LogP contribution in [0.25, 0.3) is 0 Å². The minimum absolute atomic E-state index is 0.387. The van der Waals surface area contributed by atoms with E-state index in [0.717, 1.165) is 18.6 Å². The minimum Gasteiger partial charge on any atom is -0.367 e. The molecule has 1 aromatic heterocycles. The number of fused-ring (bicyclic) bond motifs is 2. The Morgan fingerprint density at radius 1 is 1.32 bits per heavy atom. The molecule has 3 heterocycles. The largest absolute Gasteiger partial charge is 0.367 e. The van der Waals surface area contributed by atoms with Gasteiger partial charge in [0.05, 0.1) is 0 Å². The lowest BCUT2D eigenvalue weighted by Gasteiger charge is -2.36. The summed E-state index contributed by atoms with van der Waals surface area (Å²) < 4.78 is 0. The van der Waals surface area contributed by atoms with Crippen molar-refractivity contribution in [1.82, 2.24) is 14.9 Å². The van der Waals surface area contributed by atoms with Gasteiger partial charge >= 0.3 is 0 Å². The van der Waals surface area contributed by atoms with Crippen molar-refractivity contribution in [3.8, 4) is 6.07 Å². The molecule has 5 nitrogen and oxygen atoms in total. The first-order valence-corrected chi connectivity index (χ1v) is 6.95. The molecule has 0 saturated carbocycles. The second-order valence-corrected chi connectivity index (χ2v) is 5.63. The molecule has 2 saturated heterocycles. The molecule has 2 atom stereocenters. The lowest BCUT2D eigenvalue weighted by atomic mass is 9.91. The van der Waals surface area contributed by atoms with E-state index in [9.17, 15) is 0 Å². The fraction of sp³-hybridized carbons (Fsp3) is 0.643. The van der Waals surface area contributed by atoms with Crippen LogP contribution in [0.15, 0.2) is 12.4 Å². The SMILES string of the molecule is CN1C2CCC1CC(CNc1nccnc1C#N)C2. The van der Waals surface area contributed by atoms with Crippen LogP contribution in [0, 0.1) is 17.2 Å². The number of nitrogens with zero attached hydrogens (tertiary/aromatic N) is 4. The third kappa shape index (κ3) is 2.41. The minimum atomic E-state index is 0.387. The maximum absolute atomic E-state index is 8.99. The topological polar surface area (TPSA) is 64.8 Å². The van der Waals surface area contributed by atoms with Crippen LogP contribution in [0.3, 0.4) is 0 Å². The highest BCUT2D eigenvalue weighted by molar-refractivity contribution is 5.46. The second-order valence-electron chi connectivity index (χ2n) is 5.63. The first kappa shape index (κ1) is 12.4. The molecular weight excluding hydrogens is 238 g/mol. The monoisotopic (exact) mass is 257 g/mol. The van der Waals surface area contributed by atoms with Gasteiger partial charge in [0, 0.05) is 31.0 Å². The van der Waals surface area contributed by atoms with E-state index in [4.69, 9.17) is 5.26 Å². The van der Waals surface area contributed by atoms with Gasteiger partial charge in [-0.1, -0.05) is 0 Å². The number of hydrogen-bond acceptors (Lipinski definition) is 5. The van der Waals surface area contributed by atoms with Crippen LogP contribution < -0.4 is 5.32 Å². The maximum atomic E-state index is 8.99. The average Bonchev–Trinajstić information content (AvgIpc) is 2.67. The van der Waals surface area contributed by atoms with Crippen molar-refractivity contribution in [3.05, 3.63) is 18.1 Å². The van der Waals surface area contributed by atoms with Gasteiger partial charge in [-0.05, 0) is 38.6 Å². The summed E-state index contributed by atoms with van der Waals surface area (Å²) >= 11 is 0. The molecule has 0 spiro atoms. The van der Waals surface area contributed by atoms with Crippen molar-refractivity contribution < 1.29 is 0 Å². The average molecular weight is 257 g/mol. The molecule has 0 aromatic carbocycles. The molecule has 1 aromatic rings. The van der Waals surface area contributed by atoms with E-state index >= 15 is 0 Å². The fourth-order valence-electron chi connectivity index (χ4n) is 3.48. The van der Waals surface area contributed by atoms with E-state index < -0.39 is 0 Å². The number of nitrogens with one attached hydrogen (secondary N) is 1. The van der Waals surface area contributed by atoms with Gasteiger partial charge in [-0.3, -0.25) is 0 Å². The summed E-state index contributed by atoms with van der Waals surface area (Å²) in [5.41, 5.74) is 0.387. The Labute approximate surface area is 113 Å². The lowest BCUT2D eigenvalue weighted by Crippen LogP contribution is -2.41. The molecule has 0 amide bonds. The van der Waals surface area contributed by atoms with E-state index in [1.807, 2.05) is 0 Å². The Morgan fingerprint density at radius 3 is 2.68 bits per heavy atom. The zero-order valence-electron chi connectivity index (χ0n) is 11.2. The molecule has 0 aliphatic carbocycles. The summed E-state index contributed by atoms with van der Waals surface area (Å²) in [7, 11) is 2.25. The van der Waals surface area contributed by atoms with Crippen LogP contribution in [0.4, 0.5) is 5.82 Å². The number of hydrogen-bond donors (Lipinski definition) is 1. The lowest BCUT2D eigenvalue weighted by molar-refractivity contribution is 0.139. The Hall–Kier alpha value is -1.67. The quantitative estimate of drug-likeness (QED) is 0.891. The molecule has 1 N–H and O–H groups in total. The van der Waals surface area contributed by atoms with Crippen molar-refractivity contribution in [2.24, 2.45) is 5.92 Å². The molecular formula is C14H19N5. The van der Waals surface area contributed by atoms with E-state index in [2.05, 4.69) is 33.3 Å². The van der Waals surface area contributed by atoms with Crippen LogP contribution >= 0.6 is 0 Å². The zero-order chi connectivity index (χ0) is 13.2. The fourth-order valence-corrected chi connectivity index (χ4v) is 3.48.